The van der Waals surface area contributed by atoms with E-state index in [2.05, 4.69) is 20.9 Å². The quantitative estimate of drug-likeness (QED) is 0.0892. The summed E-state index contributed by atoms with van der Waals surface area (Å²) in [6, 6.07) is 13.1. The van der Waals surface area contributed by atoms with Crippen LogP contribution < -0.4 is 33.2 Å². The van der Waals surface area contributed by atoms with Crippen LogP contribution in [-0.2, 0) is 36.8 Å². The van der Waals surface area contributed by atoms with Crippen LogP contribution in [0.25, 0.3) is 0 Å². The van der Waals surface area contributed by atoms with E-state index in [1.54, 1.807) is 0 Å². The van der Waals surface area contributed by atoms with E-state index in [-0.39, 0.29) is 50.7 Å². The summed E-state index contributed by atoms with van der Waals surface area (Å²) in [5, 5.41) is 17.9. The van der Waals surface area contributed by atoms with Gasteiger partial charge >= 0.3 is 5.97 Å². The Bertz CT molecular complexity index is 1420. The number of rotatable bonds is 17. The van der Waals surface area contributed by atoms with Crippen molar-refractivity contribution >= 4 is 35.6 Å². The minimum Gasteiger partial charge on any atom is -0.480 e. The van der Waals surface area contributed by atoms with Gasteiger partial charge in [-0.25, -0.2) is 4.79 Å². The second-order valence-corrected chi connectivity index (χ2v) is 12.4. The number of nitrogens with one attached hydrogen (secondary N) is 3. The first-order chi connectivity index (χ1) is 22.8. The van der Waals surface area contributed by atoms with Crippen LogP contribution in [0, 0.1) is 5.92 Å². The molecule has 14 nitrogen and oxygen atoms in total. The fourth-order valence-corrected chi connectivity index (χ4v) is 5.61. The van der Waals surface area contributed by atoms with Crippen molar-refractivity contribution < 1.29 is 29.1 Å². The Labute approximate surface area is 280 Å². The molecular formula is C34H48N8O6. The van der Waals surface area contributed by atoms with Crippen LogP contribution in [0.2, 0.25) is 0 Å². The average molecular weight is 665 g/mol. The number of carbonyl (C=O) groups is 5. The van der Waals surface area contributed by atoms with Crippen molar-refractivity contribution in [3.8, 4) is 0 Å². The standard InChI is InChI=1S/C34H48N8O6/c1-21(2)18-26(30(44)39-25(15-16-38-34(36)37)32(46)42-17-9-14-28(42)33(47)48)41-31(45)27(20-23-12-7-4-8-13-23)40-29(43)24(35)19-22-10-5-3-6-11-22/h3-8,10-13,21,24-28H,9,14-20,35H2,1-2H3,(H,39,44)(H,40,43)(H,41,45)(H,47,48)(H4,36,37,38)/t24-,25-,26-,27-,28+/m1/s1. The van der Waals surface area contributed by atoms with Gasteiger partial charge in [-0.05, 0) is 49.1 Å². The summed E-state index contributed by atoms with van der Waals surface area (Å²) in [5.41, 5.74) is 18.8. The Balaban J connectivity index is 1.81. The van der Waals surface area contributed by atoms with Crippen LogP contribution in [0.5, 0.6) is 0 Å². The van der Waals surface area contributed by atoms with Gasteiger partial charge in [-0.15, -0.1) is 0 Å². The number of nitrogens with zero attached hydrogens (tertiary/aromatic N) is 2. The van der Waals surface area contributed by atoms with Gasteiger partial charge in [-0.2, -0.15) is 0 Å². The normalized spacial score (nSPS) is 16.7. The highest BCUT2D eigenvalue weighted by atomic mass is 16.4. The zero-order valence-electron chi connectivity index (χ0n) is 27.5. The Morgan fingerprint density at radius 2 is 1.38 bits per heavy atom. The van der Waals surface area contributed by atoms with Crippen LogP contribution >= 0.6 is 0 Å². The largest absolute Gasteiger partial charge is 0.480 e. The van der Waals surface area contributed by atoms with Crippen molar-refractivity contribution in [2.75, 3.05) is 13.1 Å². The molecule has 10 N–H and O–H groups in total. The van der Waals surface area contributed by atoms with Gasteiger partial charge in [0.05, 0.1) is 6.04 Å². The second kappa shape index (κ2) is 18.4. The molecule has 1 aliphatic rings. The molecule has 1 aliphatic heterocycles. The van der Waals surface area contributed by atoms with E-state index in [1.165, 1.54) is 4.90 Å². The number of guanidine groups is 1. The summed E-state index contributed by atoms with van der Waals surface area (Å²) in [7, 11) is 0. The van der Waals surface area contributed by atoms with E-state index in [9.17, 15) is 29.1 Å². The fraction of sp³-hybridized carbons (Fsp3) is 0.471. The fourth-order valence-electron chi connectivity index (χ4n) is 5.61. The van der Waals surface area contributed by atoms with Gasteiger partial charge in [0.2, 0.25) is 23.6 Å². The first-order valence-corrected chi connectivity index (χ1v) is 16.2. The molecular weight excluding hydrogens is 616 g/mol. The third-order valence-corrected chi connectivity index (χ3v) is 8.04. The van der Waals surface area contributed by atoms with Crippen molar-refractivity contribution in [3.63, 3.8) is 0 Å². The summed E-state index contributed by atoms with van der Waals surface area (Å²) in [4.78, 5) is 71.3. The molecule has 1 saturated heterocycles. The van der Waals surface area contributed by atoms with E-state index >= 15 is 0 Å². The van der Waals surface area contributed by atoms with E-state index in [4.69, 9.17) is 17.2 Å². The van der Waals surface area contributed by atoms with Gasteiger partial charge in [-0.1, -0.05) is 74.5 Å². The predicted octanol–water partition coefficient (Wildman–Crippen LogP) is 0.0387. The molecule has 3 rings (SSSR count). The molecule has 5 atom stereocenters. The van der Waals surface area contributed by atoms with Crippen LogP contribution in [0.4, 0.5) is 0 Å². The highest BCUT2D eigenvalue weighted by Gasteiger charge is 2.38. The second-order valence-electron chi connectivity index (χ2n) is 12.4. The zero-order valence-corrected chi connectivity index (χ0v) is 27.5. The maximum atomic E-state index is 13.8. The van der Waals surface area contributed by atoms with Gasteiger partial charge in [0.1, 0.15) is 24.2 Å². The lowest BCUT2D eigenvalue weighted by molar-refractivity contribution is -0.149. The molecule has 0 bridgehead atoms. The maximum absolute atomic E-state index is 13.8. The monoisotopic (exact) mass is 664 g/mol. The highest BCUT2D eigenvalue weighted by molar-refractivity contribution is 5.95. The van der Waals surface area contributed by atoms with Crippen molar-refractivity contribution in [2.45, 2.75) is 82.6 Å². The number of hydrogen-bond acceptors (Lipinski definition) is 7. The smallest absolute Gasteiger partial charge is 0.326 e. The number of benzene rings is 2. The lowest BCUT2D eigenvalue weighted by atomic mass is 10.00. The number of nitrogens with two attached hydrogens (primary N) is 3. The molecule has 0 unspecified atom stereocenters. The predicted molar refractivity (Wildman–Crippen MR) is 181 cm³/mol. The van der Waals surface area contributed by atoms with E-state index in [0.29, 0.717) is 12.8 Å². The molecule has 0 spiro atoms. The lowest BCUT2D eigenvalue weighted by Crippen LogP contribution is -2.59. The number of amides is 4. The Morgan fingerprint density at radius 3 is 1.94 bits per heavy atom. The zero-order chi connectivity index (χ0) is 35.2. The highest BCUT2D eigenvalue weighted by Crippen LogP contribution is 2.20. The Hall–Kier alpha value is -4.98. The Kier molecular flexibility index (Phi) is 14.4. The summed E-state index contributed by atoms with van der Waals surface area (Å²) in [6.07, 6.45) is 1.42. The molecule has 0 aliphatic carbocycles. The first-order valence-electron chi connectivity index (χ1n) is 16.2. The maximum Gasteiger partial charge on any atom is 0.326 e. The van der Waals surface area contributed by atoms with Gasteiger partial charge < -0.3 is 43.2 Å². The van der Waals surface area contributed by atoms with Gasteiger partial charge in [0.25, 0.3) is 0 Å². The number of carboxylic acids is 1. The summed E-state index contributed by atoms with van der Waals surface area (Å²) < 4.78 is 0. The summed E-state index contributed by atoms with van der Waals surface area (Å²) >= 11 is 0. The van der Waals surface area contributed by atoms with Crippen LogP contribution in [-0.4, -0.2) is 88.9 Å². The first kappa shape index (κ1) is 37.5. The molecule has 48 heavy (non-hydrogen) atoms. The molecule has 0 aromatic heterocycles. The van der Waals surface area contributed by atoms with Crippen molar-refractivity contribution in [3.05, 3.63) is 71.8 Å². The number of hydrogen-bond donors (Lipinski definition) is 7. The van der Waals surface area contributed by atoms with E-state index in [1.807, 2.05) is 74.5 Å². The molecule has 260 valence electrons. The molecule has 14 heteroatoms. The third-order valence-electron chi connectivity index (χ3n) is 8.04. The minimum atomic E-state index is -1.15. The Morgan fingerprint density at radius 1 is 0.833 bits per heavy atom. The van der Waals surface area contributed by atoms with Crippen LogP contribution in [0.1, 0.15) is 50.7 Å². The minimum absolute atomic E-state index is 0.000221. The van der Waals surface area contributed by atoms with Crippen molar-refractivity contribution in [1.29, 1.82) is 0 Å². The van der Waals surface area contributed by atoms with Gasteiger partial charge in [0, 0.05) is 19.5 Å². The molecule has 4 amide bonds. The number of likely N-dealkylation sites (tertiary alicyclic amines) is 1. The number of carboxylic acid groups (broad SMARTS) is 1. The average Bonchev–Trinajstić information content (AvgIpc) is 3.54. The molecule has 0 radical (unpaired) electrons. The number of carbonyl (C=O) groups excluding carboxylic acids is 4. The van der Waals surface area contributed by atoms with Crippen LogP contribution in [0.15, 0.2) is 65.7 Å². The molecule has 1 fully saturated rings. The lowest BCUT2D eigenvalue weighted by Gasteiger charge is -2.29. The SMILES string of the molecule is CC(C)C[C@@H](NC(=O)[C@@H](Cc1ccccc1)NC(=O)[C@H](N)Cc1ccccc1)C(=O)N[C@H](CCN=C(N)N)C(=O)N1CCC[C@H]1C(=O)O. The summed E-state index contributed by atoms with van der Waals surface area (Å²) in [6.45, 7) is 3.98. The van der Waals surface area contributed by atoms with Gasteiger partial charge in [-0.3, -0.25) is 24.2 Å². The van der Waals surface area contributed by atoms with Crippen molar-refractivity contribution in [1.82, 2.24) is 20.9 Å². The molecule has 2 aromatic carbocycles. The number of aliphatic carboxylic acids is 1. The molecule has 2 aromatic rings. The number of aliphatic imine (C=N–C) groups is 1. The molecule has 0 saturated carbocycles. The summed E-state index contributed by atoms with van der Waals surface area (Å²) in [5.74, 6) is -3.72. The molecule has 1 heterocycles. The van der Waals surface area contributed by atoms with E-state index in [0.717, 1.165) is 11.1 Å². The topological polar surface area (TPSA) is 235 Å². The van der Waals surface area contributed by atoms with Crippen molar-refractivity contribution in [2.24, 2.45) is 28.1 Å². The third kappa shape index (κ3) is 11.7. The van der Waals surface area contributed by atoms with Crippen LogP contribution in [0.3, 0.4) is 0 Å². The van der Waals surface area contributed by atoms with Gasteiger partial charge in [0.15, 0.2) is 5.96 Å². The van der Waals surface area contributed by atoms with E-state index < -0.39 is 59.8 Å².